The van der Waals surface area contributed by atoms with Crippen molar-refractivity contribution in [2.75, 3.05) is 27.2 Å². The molecular formula is C32H44F3N3O3S. The Kier molecular flexibility index (Phi) is 10.4. The van der Waals surface area contributed by atoms with Crippen LogP contribution in [0.5, 0.6) is 0 Å². The summed E-state index contributed by atoms with van der Waals surface area (Å²) in [6, 6.07) is 13.8. The molecule has 6 nitrogen and oxygen atoms in total. The maximum Gasteiger partial charge on any atom is 0.416 e. The fourth-order valence-electron chi connectivity index (χ4n) is 6.69. The van der Waals surface area contributed by atoms with Gasteiger partial charge in [0.25, 0.3) is 0 Å². The zero-order valence-corrected chi connectivity index (χ0v) is 25.7. The summed E-state index contributed by atoms with van der Waals surface area (Å²) in [5.41, 5.74) is 0.469. The molecule has 2 unspecified atom stereocenters. The van der Waals surface area contributed by atoms with Gasteiger partial charge < -0.3 is 10.2 Å². The number of halogens is 3. The van der Waals surface area contributed by atoms with Gasteiger partial charge in [-0.25, -0.2) is 8.42 Å². The molecule has 0 aromatic heterocycles. The second-order valence-electron chi connectivity index (χ2n) is 12.3. The topological polar surface area (TPSA) is 69.7 Å². The number of hydrogen-bond donors (Lipinski definition) is 1. The predicted molar refractivity (Wildman–Crippen MR) is 158 cm³/mol. The van der Waals surface area contributed by atoms with E-state index in [4.69, 9.17) is 0 Å². The van der Waals surface area contributed by atoms with Crippen LogP contribution in [0.25, 0.3) is 0 Å². The number of alkyl halides is 3. The molecule has 2 fully saturated rings. The van der Waals surface area contributed by atoms with Crippen LogP contribution < -0.4 is 5.32 Å². The van der Waals surface area contributed by atoms with Crippen LogP contribution >= 0.6 is 0 Å². The molecule has 1 amide bonds. The lowest BCUT2D eigenvalue weighted by molar-refractivity contribution is -0.137. The third-order valence-corrected chi connectivity index (χ3v) is 11.4. The van der Waals surface area contributed by atoms with Crippen molar-refractivity contribution in [3.63, 3.8) is 0 Å². The molecule has 1 aliphatic heterocycles. The number of carbonyl (C=O) groups is 1. The minimum atomic E-state index is -4.64. The molecule has 0 spiro atoms. The van der Waals surface area contributed by atoms with Crippen molar-refractivity contribution in [1.82, 2.24) is 14.5 Å². The van der Waals surface area contributed by atoms with Crippen molar-refractivity contribution in [1.29, 1.82) is 0 Å². The van der Waals surface area contributed by atoms with Gasteiger partial charge in [-0.3, -0.25) is 4.79 Å². The van der Waals surface area contributed by atoms with Crippen LogP contribution in [0.15, 0.2) is 59.5 Å². The van der Waals surface area contributed by atoms with Crippen LogP contribution in [0, 0.1) is 11.8 Å². The summed E-state index contributed by atoms with van der Waals surface area (Å²) in [6.45, 7) is 2.42. The SMILES string of the molecule is CC(C(=O)NCCC1CCC(Cc2ccccc2)(N(C)C)CC1)C1CCCCN1S(=O)(=O)c1cccc(C(F)(F)F)c1. The van der Waals surface area contributed by atoms with E-state index in [1.54, 1.807) is 6.92 Å². The first-order valence-electron chi connectivity index (χ1n) is 15.0. The van der Waals surface area contributed by atoms with E-state index in [0.29, 0.717) is 31.4 Å². The van der Waals surface area contributed by atoms with Crippen LogP contribution in [0.4, 0.5) is 13.2 Å². The van der Waals surface area contributed by atoms with E-state index in [1.165, 1.54) is 15.9 Å². The quantitative estimate of drug-likeness (QED) is 0.353. The lowest BCUT2D eigenvalue weighted by atomic mass is 9.72. The maximum absolute atomic E-state index is 13.5. The highest BCUT2D eigenvalue weighted by Gasteiger charge is 2.40. The van der Waals surface area contributed by atoms with Gasteiger partial charge in [0.05, 0.1) is 16.4 Å². The number of nitrogens with one attached hydrogen (secondary N) is 1. The summed E-state index contributed by atoms with van der Waals surface area (Å²) in [6.07, 6.45) is 3.44. The van der Waals surface area contributed by atoms with Crippen LogP contribution in [-0.4, -0.2) is 62.3 Å². The summed E-state index contributed by atoms with van der Waals surface area (Å²) in [4.78, 5) is 15.2. The summed E-state index contributed by atoms with van der Waals surface area (Å²) in [5.74, 6) is -0.324. The van der Waals surface area contributed by atoms with Gasteiger partial charge in [-0.15, -0.1) is 0 Å². The zero-order valence-electron chi connectivity index (χ0n) is 24.9. The van der Waals surface area contributed by atoms with Gasteiger partial charge in [-0.1, -0.05) is 49.7 Å². The Labute approximate surface area is 248 Å². The molecule has 1 heterocycles. The molecule has 2 aliphatic rings. The molecular weight excluding hydrogens is 563 g/mol. The smallest absolute Gasteiger partial charge is 0.356 e. The minimum absolute atomic E-state index is 0.130. The first kappa shape index (κ1) is 32.5. The third-order valence-electron chi connectivity index (χ3n) is 9.47. The van der Waals surface area contributed by atoms with Crippen molar-refractivity contribution in [2.45, 2.75) is 87.4 Å². The molecule has 2 atom stereocenters. The van der Waals surface area contributed by atoms with Crippen LogP contribution in [0.2, 0.25) is 0 Å². The number of rotatable bonds is 10. The lowest BCUT2D eigenvalue weighted by Crippen LogP contribution is -2.51. The van der Waals surface area contributed by atoms with Gasteiger partial charge in [0, 0.05) is 24.7 Å². The third kappa shape index (κ3) is 7.55. The summed E-state index contributed by atoms with van der Waals surface area (Å²) in [7, 11) is 0.117. The van der Waals surface area contributed by atoms with E-state index in [0.717, 1.165) is 57.1 Å². The number of benzene rings is 2. The van der Waals surface area contributed by atoms with Gasteiger partial charge in [0.2, 0.25) is 15.9 Å². The molecule has 2 aromatic rings. The number of carbonyl (C=O) groups excluding carboxylic acids is 1. The Bertz CT molecular complexity index is 1290. The first-order valence-corrected chi connectivity index (χ1v) is 16.5. The summed E-state index contributed by atoms with van der Waals surface area (Å²) in [5, 5.41) is 3.03. The monoisotopic (exact) mass is 607 g/mol. The van der Waals surface area contributed by atoms with E-state index in [-0.39, 0.29) is 18.0 Å². The Morgan fingerprint density at radius 2 is 1.74 bits per heavy atom. The largest absolute Gasteiger partial charge is 0.416 e. The first-order chi connectivity index (χ1) is 19.8. The second kappa shape index (κ2) is 13.5. The number of piperidine rings is 1. The summed E-state index contributed by atoms with van der Waals surface area (Å²) >= 11 is 0. The molecule has 232 valence electrons. The zero-order chi connectivity index (χ0) is 30.5. The van der Waals surface area contributed by atoms with E-state index in [9.17, 15) is 26.4 Å². The van der Waals surface area contributed by atoms with Gasteiger partial charge >= 0.3 is 6.18 Å². The normalized spacial score (nSPS) is 24.8. The van der Waals surface area contributed by atoms with Crippen LogP contribution in [0.1, 0.15) is 69.4 Å². The predicted octanol–water partition coefficient (Wildman–Crippen LogP) is 6.12. The number of amides is 1. The van der Waals surface area contributed by atoms with E-state index in [2.05, 4.69) is 48.6 Å². The molecule has 0 bridgehead atoms. The average molecular weight is 608 g/mol. The molecule has 1 saturated carbocycles. The highest BCUT2D eigenvalue weighted by atomic mass is 32.2. The van der Waals surface area contributed by atoms with E-state index >= 15 is 0 Å². The number of likely N-dealkylation sites (N-methyl/N-ethyl adjacent to an activating group) is 1. The lowest BCUT2D eigenvalue weighted by Gasteiger charge is -2.45. The van der Waals surface area contributed by atoms with Crippen molar-refractivity contribution in [3.8, 4) is 0 Å². The number of hydrogen-bond acceptors (Lipinski definition) is 4. The van der Waals surface area contributed by atoms with Gasteiger partial charge in [0.1, 0.15) is 0 Å². The molecule has 1 saturated heterocycles. The molecule has 10 heteroatoms. The molecule has 0 radical (unpaired) electrons. The van der Waals surface area contributed by atoms with Crippen molar-refractivity contribution in [3.05, 3.63) is 65.7 Å². The second-order valence-corrected chi connectivity index (χ2v) is 14.2. The fraction of sp³-hybridized carbons (Fsp3) is 0.594. The average Bonchev–Trinajstić information content (AvgIpc) is 2.97. The van der Waals surface area contributed by atoms with Crippen LogP contribution in [0.3, 0.4) is 0 Å². The van der Waals surface area contributed by atoms with Crippen LogP contribution in [-0.2, 0) is 27.4 Å². The highest BCUT2D eigenvalue weighted by Crippen LogP contribution is 2.39. The standard InChI is InChI=1S/C32H44F3N3O3S/c1-24(29-14-7-8-21-38(29)42(40,41)28-13-9-12-27(22-28)32(33,34)35)30(39)36-20-17-25-15-18-31(19-16-25,37(2)3)23-26-10-5-4-6-11-26/h4-6,9-13,22,24-25,29H,7-8,14-21,23H2,1-3H3,(H,36,39). The Morgan fingerprint density at radius 3 is 2.38 bits per heavy atom. The number of sulfonamides is 1. The Morgan fingerprint density at radius 1 is 1.05 bits per heavy atom. The molecule has 2 aromatic carbocycles. The van der Waals surface area contributed by atoms with Gasteiger partial charge in [-0.05, 0) is 95.1 Å². The summed E-state index contributed by atoms with van der Waals surface area (Å²) < 4.78 is 67.9. The van der Waals surface area contributed by atoms with E-state index in [1.807, 2.05) is 6.07 Å². The molecule has 1 N–H and O–H groups in total. The van der Waals surface area contributed by atoms with Crippen molar-refractivity contribution in [2.24, 2.45) is 11.8 Å². The molecule has 4 rings (SSSR count). The highest BCUT2D eigenvalue weighted by molar-refractivity contribution is 7.89. The Hall–Kier alpha value is -2.43. The van der Waals surface area contributed by atoms with Crippen molar-refractivity contribution >= 4 is 15.9 Å². The van der Waals surface area contributed by atoms with Gasteiger partial charge in [-0.2, -0.15) is 17.5 Å². The van der Waals surface area contributed by atoms with Gasteiger partial charge in [0.15, 0.2) is 0 Å². The van der Waals surface area contributed by atoms with E-state index < -0.39 is 38.6 Å². The number of nitrogens with zero attached hydrogens (tertiary/aromatic N) is 2. The molecule has 42 heavy (non-hydrogen) atoms. The van der Waals surface area contributed by atoms with Crippen molar-refractivity contribution < 1.29 is 26.4 Å². The maximum atomic E-state index is 13.5. The minimum Gasteiger partial charge on any atom is -0.356 e. The fourth-order valence-corrected chi connectivity index (χ4v) is 8.50. The molecule has 1 aliphatic carbocycles. The Balaban J connectivity index is 1.33.